The predicted octanol–water partition coefficient (Wildman–Crippen LogP) is 1.92. The summed E-state index contributed by atoms with van der Waals surface area (Å²) in [5, 5.41) is 17.3. The minimum atomic E-state index is 0.408. The van der Waals surface area contributed by atoms with Crippen LogP contribution in [-0.4, -0.2) is 21.7 Å². The number of nitriles is 1. The molecule has 0 amide bonds. The number of hydrogen-bond acceptors (Lipinski definition) is 5. The first-order valence-corrected chi connectivity index (χ1v) is 6.62. The molecule has 0 atom stereocenters. The summed E-state index contributed by atoms with van der Waals surface area (Å²) in [6.45, 7) is 5.60. The van der Waals surface area contributed by atoms with Crippen molar-refractivity contribution < 1.29 is 0 Å². The molecule has 5 nitrogen and oxygen atoms in total. The van der Waals surface area contributed by atoms with Gasteiger partial charge >= 0.3 is 0 Å². The van der Waals surface area contributed by atoms with Crippen LogP contribution in [0.25, 0.3) is 0 Å². The summed E-state index contributed by atoms with van der Waals surface area (Å²) in [7, 11) is 0. The van der Waals surface area contributed by atoms with Gasteiger partial charge in [0.15, 0.2) is 11.5 Å². The molecular weight excluding hydrogens is 250 g/mol. The minimum Gasteiger partial charge on any atom is -0.350 e. The van der Waals surface area contributed by atoms with Gasteiger partial charge in [-0.3, -0.25) is 4.98 Å². The van der Waals surface area contributed by atoms with E-state index in [1.807, 2.05) is 26.1 Å². The van der Waals surface area contributed by atoms with Crippen molar-refractivity contribution in [3.8, 4) is 6.07 Å². The number of nitrogens with zero attached hydrogens (tertiary/aromatic N) is 5. The summed E-state index contributed by atoms with van der Waals surface area (Å²) in [5.41, 5.74) is 4.75. The van der Waals surface area contributed by atoms with Crippen molar-refractivity contribution in [3.63, 3.8) is 0 Å². The first kappa shape index (κ1) is 12.5. The lowest BCUT2D eigenvalue weighted by atomic mass is 10.0. The van der Waals surface area contributed by atoms with Gasteiger partial charge in [-0.05, 0) is 36.6 Å². The Morgan fingerprint density at radius 3 is 2.90 bits per heavy atom. The number of anilines is 1. The second-order valence-electron chi connectivity index (χ2n) is 5.01. The molecule has 0 radical (unpaired) electrons. The third kappa shape index (κ3) is 1.99. The van der Waals surface area contributed by atoms with Gasteiger partial charge in [0.2, 0.25) is 0 Å². The molecule has 0 bridgehead atoms. The lowest BCUT2D eigenvalue weighted by Gasteiger charge is -2.30. The van der Waals surface area contributed by atoms with E-state index in [1.165, 1.54) is 11.3 Å². The van der Waals surface area contributed by atoms with Crippen LogP contribution in [0.5, 0.6) is 0 Å². The molecule has 0 saturated carbocycles. The van der Waals surface area contributed by atoms with E-state index in [0.717, 1.165) is 36.5 Å². The SMILES string of the molecule is Cc1c(C#N)nnc(N2CCc3ncccc3C2)c1C. The molecule has 3 rings (SSSR count). The number of rotatable bonds is 1. The summed E-state index contributed by atoms with van der Waals surface area (Å²) in [4.78, 5) is 6.62. The highest BCUT2D eigenvalue weighted by Gasteiger charge is 2.21. The standard InChI is InChI=1S/C15H15N5/c1-10-11(2)15(19-18-14(10)8-16)20-7-5-13-12(9-20)4-3-6-17-13/h3-4,6H,5,7,9H2,1-2H3. The van der Waals surface area contributed by atoms with Gasteiger partial charge in [-0.2, -0.15) is 5.26 Å². The van der Waals surface area contributed by atoms with E-state index in [1.54, 1.807) is 0 Å². The molecule has 2 aromatic heterocycles. The molecule has 1 aliphatic rings. The Kier molecular flexibility index (Phi) is 3.07. The summed E-state index contributed by atoms with van der Waals surface area (Å²) in [5.74, 6) is 0.871. The fraction of sp³-hybridized carbons (Fsp3) is 0.333. The van der Waals surface area contributed by atoms with Crippen LogP contribution in [0, 0.1) is 25.2 Å². The molecule has 3 heterocycles. The van der Waals surface area contributed by atoms with E-state index >= 15 is 0 Å². The maximum Gasteiger partial charge on any atom is 0.166 e. The Labute approximate surface area is 117 Å². The van der Waals surface area contributed by atoms with Crippen molar-refractivity contribution in [1.29, 1.82) is 5.26 Å². The van der Waals surface area contributed by atoms with Gasteiger partial charge in [-0.25, -0.2) is 0 Å². The normalized spacial score (nSPS) is 13.8. The average molecular weight is 265 g/mol. The second kappa shape index (κ2) is 4.89. The number of fused-ring (bicyclic) bond motifs is 1. The Morgan fingerprint density at radius 2 is 2.10 bits per heavy atom. The van der Waals surface area contributed by atoms with Gasteiger partial charge in [0.25, 0.3) is 0 Å². The molecule has 5 heteroatoms. The molecule has 20 heavy (non-hydrogen) atoms. The van der Waals surface area contributed by atoms with Crippen LogP contribution in [0.2, 0.25) is 0 Å². The summed E-state index contributed by atoms with van der Waals surface area (Å²) < 4.78 is 0. The van der Waals surface area contributed by atoms with Crippen LogP contribution in [0.3, 0.4) is 0 Å². The van der Waals surface area contributed by atoms with E-state index in [-0.39, 0.29) is 0 Å². The largest absolute Gasteiger partial charge is 0.350 e. The molecule has 0 fully saturated rings. The van der Waals surface area contributed by atoms with E-state index in [0.29, 0.717) is 5.69 Å². The van der Waals surface area contributed by atoms with Crippen molar-refractivity contribution in [2.24, 2.45) is 0 Å². The van der Waals surface area contributed by atoms with Crippen molar-refractivity contribution >= 4 is 5.82 Å². The molecule has 100 valence electrons. The van der Waals surface area contributed by atoms with Crippen molar-refractivity contribution in [1.82, 2.24) is 15.2 Å². The first-order chi connectivity index (χ1) is 9.70. The monoisotopic (exact) mass is 265 g/mol. The lowest BCUT2D eigenvalue weighted by Crippen LogP contribution is -2.32. The Morgan fingerprint density at radius 1 is 1.25 bits per heavy atom. The average Bonchev–Trinajstić information content (AvgIpc) is 2.49. The maximum atomic E-state index is 9.00. The smallest absolute Gasteiger partial charge is 0.166 e. The summed E-state index contributed by atoms with van der Waals surface area (Å²) in [6.07, 6.45) is 2.75. The lowest BCUT2D eigenvalue weighted by molar-refractivity contribution is 0.691. The van der Waals surface area contributed by atoms with Gasteiger partial charge in [0, 0.05) is 31.4 Å². The zero-order valence-electron chi connectivity index (χ0n) is 11.6. The summed E-state index contributed by atoms with van der Waals surface area (Å²) in [6, 6.07) is 6.15. The fourth-order valence-corrected chi connectivity index (χ4v) is 2.55. The highest BCUT2D eigenvalue weighted by atomic mass is 15.3. The van der Waals surface area contributed by atoms with Crippen LogP contribution >= 0.6 is 0 Å². The molecule has 0 N–H and O–H groups in total. The van der Waals surface area contributed by atoms with Gasteiger partial charge in [0.05, 0.1) is 0 Å². The molecule has 0 spiro atoms. The third-order valence-electron chi connectivity index (χ3n) is 3.87. The number of aromatic nitrogens is 3. The van der Waals surface area contributed by atoms with Gasteiger partial charge in [-0.1, -0.05) is 6.07 Å². The third-order valence-corrected chi connectivity index (χ3v) is 3.87. The zero-order chi connectivity index (χ0) is 14.1. The number of hydrogen-bond donors (Lipinski definition) is 0. The Hall–Kier alpha value is -2.48. The van der Waals surface area contributed by atoms with E-state index in [2.05, 4.69) is 32.2 Å². The van der Waals surface area contributed by atoms with Crippen molar-refractivity contribution in [2.75, 3.05) is 11.4 Å². The fourth-order valence-electron chi connectivity index (χ4n) is 2.55. The quantitative estimate of drug-likeness (QED) is 0.788. The van der Waals surface area contributed by atoms with Crippen LogP contribution < -0.4 is 4.90 Å². The molecule has 0 saturated heterocycles. The molecule has 0 unspecified atom stereocenters. The van der Waals surface area contributed by atoms with Gasteiger partial charge in [0.1, 0.15) is 6.07 Å². The first-order valence-electron chi connectivity index (χ1n) is 6.62. The Bertz CT molecular complexity index is 702. The minimum absolute atomic E-state index is 0.408. The zero-order valence-corrected chi connectivity index (χ0v) is 11.6. The van der Waals surface area contributed by atoms with Crippen LogP contribution in [0.15, 0.2) is 18.3 Å². The van der Waals surface area contributed by atoms with Crippen LogP contribution in [0.4, 0.5) is 5.82 Å². The van der Waals surface area contributed by atoms with Crippen molar-refractivity contribution in [3.05, 3.63) is 46.4 Å². The van der Waals surface area contributed by atoms with E-state index in [4.69, 9.17) is 5.26 Å². The molecule has 0 aliphatic carbocycles. The highest BCUT2D eigenvalue weighted by Crippen LogP contribution is 2.26. The maximum absolute atomic E-state index is 9.00. The van der Waals surface area contributed by atoms with E-state index < -0.39 is 0 Å². The van der Waals surface area contributed by atoms with Crippen LogP contribution in [-0.2, 0) is 13.0 Å². The van der Waals surface area contributed by atoms with E-state index in [9.17, 15) is 0 Å². The highest BCUT2D eigenvalue weighted by molar-refractivity contribution is 5.53. The Balaban J connectivity index is 1.96. The van der Waals surface area contributed by atoms with Gasteiger partial charge < -0.3 is 4.90 Å². The molecule has 0 aromatic carbocycles. The number of pyridine rings is 1. The van der Waals surface area contributed by atoms with Crippen molar-refractivity contribution in [2.45, 2.75) is 26.8 Å². The second-order valence-corrected chi connectivity index (χ2v) is 5.01. The predicted molar refractivity (Wildman–Crippen MR) is 75.2 cm³/mol. The topological polar surface area (TPSA) is 65.7 Å². The van der Waals surface area contributed by atoms with Gasteiger partial charge in [-0.15, -0.1) is 10.2 Å². The molecule has 1 aliphatic heterocycles. The summed E-state index contributed by atoms with van der Waals surface area (Å²) >= 11 is 0. The molecular formula is C15H15N5. The molecule has 2 aromatic rings. The van der Waals surface area contributed by atoms with Crippen LogP contribution in [0.1, 0.15) is 28.1 Å².